The molecule has 1 aliphatic rings. The van der Waals surface area contributed by atoms with Gasteiger partial charge in [-0.05, 0) is 30.5 Å². The van der Waals surface area contributed by atoms with Crippen molar-refractivity contribution in [3.63, 3.8) is 0 Å². The van der Waals surface area contributed by atoms with Gasteiger partial charge in [-0.3, -0.25) is 0 Å². The first-order valence-corrected chi connectivity index (χ1v) is 6.96. The van der Waals surface area contributed by atoms with Gasteiger partial charge in [0.1, 0.15) is 5.75 Å². The van der Waals surface area contributed by atoms with Crippen molar-refractivity contribution in [2.24, 2.45) is 0 Å². The van der Waals surface area contributed by atoms with Crippen LogP contribution in [0.2, 0.25) is 0 Å². The largest absolute Gasteiger partial charge is 0.508 e. The maximum Gasteiger partial charge on any atom is 0.150 e. The monoisotopic (exact) mass is 242 g/mol. The molecule has 4 nitrogen and oxygen atoms in total. The number of phenolic OH excluding ortho intramolecular Hbond substituents is 1. The maximum atomic E-state index is 11.3. The zero-order valence-electron chi connectivity index (χ0n) is 8.76. The van der Waals surface area contributed by atoms with Crippen molar-refractivity contribution in [2.45, 2.75) is 18.4 Å². The third-order valence-electron chi connectivity index (χ3n) is 3.04. The Morgan fingerprint density at radius 3 is 2.38 bits per heavy atom. The fraction of sp³-hybridized carbons (Fsp3) is 0.455. The average Bonchev–Trinajstić information content (AvgIpc) is 2.23. The van der Waals surface area contributed by atoms with Gasteiger partial charge in [0.2, 0.25) is 0 Å². The van der Waals surface area contributed by atoms with E-state index in [4.69, 9.17) is 0 Å². The summed E-state index contributed by atoms with van der Waals surface area (Å²) < 4.78 is 22.6. The minimum absolute atomic E-state index is 0.000837. The molecule has 0 bridgehead atoms. The number of aliphatic hydroxyl groups is 1. The van der Waals surface area contributed by atoms with Crippen LogP contribution in [0.15, 0.2) is 24.3 Å². The number of hydrogen-bond acceptors (Lipinski definition) is 4. The maximum absolute atomic E-state index is 11.3. The van der Waals surface area contributed by atoms with Crippen molar-refractivity contribution < 1.29 is 18.6 Å². The van der Waals surface area contributed by atoms with E-state index in [1.807, 2.05) is 0 Å². The Morgan fingerprint density at radius 1 is 1.19 bits per heavy atom. The van der Waals surface area contributed by atoms with E-state index >= 15 is 0 Å². The van der Waals surface area contributed by atoms with Crippen LogP contribution in [0.3, 0.4) is 0 Å². The van der Waals surface area contributed by atoms with Crippen molar-refractivity contribution in [1.29, 1.82) is 0 Å². The second kappa shape index (κ2) is 3.75. The van der Waals surface area contributed by atoms with Gasteiger partial charge >= 0.3 is 0 Å². The first-order valence-electron chi connectivity index (χ1n) is 5.14. The summed E-state index contributed by atoms with van der Waals surface area (Å²) in [6, 6.07) is 6.35. The van der Waals surface area contributed by atoms with Gasteiger partial charge in [-0.25, -0.2) is 8.42 Å². The number of rotatable bonds is 1. The molecule has 0 spiro atoms. The normalized spacial score (nSPS) is 22.8. The molecule has 0 saturated carbocycles. The number of phenols is 1. The van der Waals surface area contributed by atoms with Gasteiger partial charge in [0, 0.05) is 0 Å². The van der Waals surface area contributed by atoms with E-state index in [0.717, 1.165) is 0 Å². The molecule has 0 aliphatic carbocycles. The van der Waals surface area contributed by atoms with Crippen molar-refractivity contribution in [1.82, 2.24) is 0 Å². The fourth-order valence-electron chi connectivity index (χ4n) is 1.96. The summed E-state index contributed by atoms with van der Waals surface area (Å²) in [6.45, 7) is 0. The fourth-order valence-corrected chi connectivity index (χ4v) is 3.46. The van der Waals surface area contributed by atoms with Gasteiger partial charge < -0.3 is 10.2 Å². The highest BCUT2D eigenvalue weighted by atomic mass is 32.2. The van der Waals surface area contributed by atoms with Crippen molar-refractivity contribution in [2.75, 3.05) is 11.5 Å². The molecule has 2 rings (SSSR count). The molecule has 16 heavy (non-hydrogen) atoms. The second-order valence-electron chi connectivity index (χ2n) is 4.23. The van der Waals surface area contributed by atoms with Crippen LogP contribution in [0.25, 0.3) is 0 Å². The number of benzene rings is 1. The third kappa shape index (κ3) is 2.20. The Hall–Kier alpha value is -1.07. The number of sulfone groups is 1. The lowest BCUT2D eigenvalue weighted by Gasteiger charge is -2.32. The number of hydrogen-bond donors (Lipinski definition) is 2. The van der Waals surface area contributed by atoms with Crippen LogP contribution in [-0.2, 0) is 15.4 Å². The van der Waals surface area contributed by atoms with Crippen LogP contribution in [0.5, 0.6) is 5.75 Å². The van der Waals surface area contributed by atoms with Gasteiger partial charge in [0.25, 0.3) is 0 Å². The SMILES string of the molecule is O=S1(=O)CCC(O)(c2cccc(O)c2)CC1. The lowest BCUT2D eigenvalue weighted by molar-refractivity contribution is 0.0261. The quantitative estimate of drug-likeness (QED) is 0.763. The van der Waals surface area contributed by atoms with Crippen LogP contribution >= 0.6 is 0 Å². The van der Waals surface area contributed by atoms with Crippen LogP contribution in [0.4, 0.5) is 0 Å². The molecular weight excluding hydrogens is 228 g/mol. The highest BCUT2D eigenvalue weighted by Gasteiger charge is 2.36. The zero-order valence-corrected chi connectivity index (χ0v) is 9.57. The Bertz CT molecular complexity index is 478. The Labute approximate surface area is 94.5 Å². The van der Waals surface area contributed by atoms with E-state index in [1.54, 1.807) is 12.1 Å². The molecule has 1 aliphatic heterocycles. The van der Waals surface area contributed by atoms with Crippen LogP contribution < -0.4 is 0 Å². The smallest absolute Gasteiger partial charge is 0.150 e. The van der Waals surface area contributed by atoms with E-state index in [1.165, 1.54) is 12.1 Å². The van der Waals surface area contributed by atoms with Crippen molar-refractivity contribution in [3.05, 3.63) is 29.8 Å². The molecule has 0 radical (unpaired) electrons. The molecular formula is C11H14O4S. The van der Waals surface area contributed by atoms with Crippen molar-refractivity contribution in [3.8, 4) is 5.75 Å². The van der Waals surface area contributed by atoms with Crippen LogP contribution in [0.1, 0.15) is 18.4 Å². The molecule has 0 atom stereocenters. The van der Waals surface area contributed by atoms with E-state index in [2.05, 4.69) is 0 Å². The summed E-state index contributed by atoms with van der Waals surface area (Å²) in [5.74, 6) is 0.0811. The highest BCUT2D eigenvalue weighted by molar-refractivity contribution is 7.91. The van der Waals surface area contributed by atoms with Gasteiger partial charge in [-0.15, -0.1) is 0 Å². The molecule has 1 saturated heterocycles. The standard InChI is InChI=1S/C11H14O4S/c12-10-3-1-2-9(8-10)11(13)4-6-16(14,15)7-5-11/h1-3,8,12-13H,4-7H2. The first kappa shape index (κ1) is 11.4. The molecule has 2 N–H and O–H groups in total. The minimum atomic E-state index is -2.99. The molecule has 0 aromatic heterocycles. The molecule has 1 fully saturated rings. The summed E-state index contributed by atoms with van der Waals surface area (Å²) in [5.41, 5.74) is -0.535. The topological polar surface area (TPSA) is 74.6 Å². The summed E-state index contributed by atoms with van der Waals surface area (Å²) in [4.78, 5) is 0. The van der Waals surface area contributed by atoms with Crippen LogP contribution in [0, 0.1) is 0 Å². The molecule has 1 aromatic carbocycles. The number of aromatic hydroxyl groups is 1. The van der Waals surface area contributed by atoms with Gasteiger partial charge in [0.05, 0.1) is 17.1 Å². The van der Waals surface area contributed by atoms with E-state index in [9.17, 15) is 18.6 Å². The van der Waals surface area contributed by atoms with Gasteiger partial charge in [-0.1, -0.05) is 12.1 Å². The first-order chi connectivity index (χ1) is 7.41. The van der Waals surface area contributed by atoms with Gasteiger partial charge in [-0.2, -0.15) is 0 Å². The lowest BCUT2D eigenvalue weighted by Crippen LogP contribution is -2.36. The molecule has 1 aromatic rings. The summed E-state index contributed by atoms with van der Waals surface area (Å²) in [6.07, 6.45) is 0.386. The van der Waals surface area contributed by atoms with E-state index < -0.39 is 15.4 Å². The highest BCUT2D eigenvalue weighted by Crippen LogP contribution is 2.34. The average molecular weight is 242 g/mol. The Balaban J connectivity index is 2.28. The molecule has 1 heterocycles. The summed E-state index contributed by atoms with van der Waals surface area (Å²) in [5, 5.41) is 19.7. The molecule has 0 unspecified atom stereocenters. The third-order valence-corrected chi connectivity index (χ3v) is 4.69. The van der Waals surface area contributed by atoms with E-state index in [0.29, 0.717) is 5.56 Å². The van der Waals surface area contributed by atoms with E-state index in [-0.39, 0.29) is 30.1 Å². The Morgan fingerprint density at radius 2 is 1.81 bits per heavy atom. The van der Waals surface area contributed by atoms with Crippen LogP contribution in [-0.4, -0.2) is 30.1 Å². The molecule has 88 valence electrons. The van der Waals surface area contributed by atoms with Gasteiger partial charge in [0.15, 0.2) is 9.84 Å². The predicted octanol–water partition coefficient (Wildman–Crippen LogP) is 0.788. The minimum Gasteiger partial charge on any atom is -0.508 e. The van der Waals surface area contributed by atoms with Crippen molar-refractivity contribution >= 4 is 9.84 Å². The second-order valence-corrected chi connectivity index (χ2v) is 6.54. The summed E-state index contributed by atoms with van der Waals surface area (Å²) >= 11 is 0. The molecule has 0 amide bonds. The molecule has 5 heteroatoms. The predicted molar refractivity (Wildman–Crippen MR) is 59.9 cm³/mol. The Kier molecular flexibility index (Phi) is 2.67. The zero-order chi connectivity index (χ0) is 11.8. The summed E-state index contributed by atoms with van der Waals surface area (Å²) in [7, 11) is -2.99. The lowest BCUT2D eigenvalue weighted by atomic mass is 9.88.